The zero-order valence-corrected chi connectivity index (χ0v) is 11.3. The van der Waals surface area contributed by atoms with Crippen LogP contribution < -0.4 is 20.3 Å². The highest BCUT2D eigenvalue weighted by atomic mass is 16.5. The molecule has 110 valence electrons. The van der Waals surface area contributed by atoms with Crippen molar-refractivity contribution in [3.63, 3.8) is 0 Å². The van der Waals surface area contributed by atoms with Crippen molar-refractivity contribution >= 4 is 11.8 Å². The summed E-state index contributed by atoms with van der Waals surface area (Å²) in [7, 11) is 1.51. The molecule has 1 aromatic heterocycles. The average Bonchev–Trinajstić information content (AvgIpc) is 3.05. The van der Waals surface area contributed by atoms with E-state index in [0.717, 1.165) is 0 Å². The molecule has 0 aliphatic heterocycles. The molecule has 1 aromatic carbocycles. The van der Waals surface area contributed by atoms with Crippen molar-refractivity contribution in [2.24, 2.45) is 0 Å². The monoisotopic (exact) mass is 290 g/mol. The summed E-state index contributed by atoms with van der Waals surface area (Å²) in [6, 6.07) is 9.98. The van der Waals surface area contributed by atoms with Crippen LogP contribution in [0.1, 0.15) is 10.6 Å². The minimum atomic E-state index is -0.550. The zero-order valence-electron chi connectivity index (χ0n) is 11.3. The number of hydrogen-bond donors (Lipinski definition) is 2. The smallest absolute Gasteiger partial charge is 0.305 e. The van der Waals surface area contributed by atoms with E-state index in [1.54, 1.807) is 30.3 Å². The van der Waals surface area contributed by atoms with Gasteiger partial charge in [-0.2, -0.15) is 0 Å². The second kappa shape index (κ2) is 6.99. The lowest BCUT2D eigenvalue weighted by molar-refractivity contribution is -0.123. The van der Waals surface area contributed by atoms with Gasteiger partial charge >= 0.3 is 5.91 Å². The third kappa shape index (κ3) is 4.00. The number of furan rings is 1. The van der Waals surface area contributed by atoms with Crippen LogP contribution in [0, 0.1) is 0 Å². The predicted octanol–water partition coefficient (Wildman–Crippen LogP) is 1.13. The molecule has 0 saturated carbocycles. The third-order valence-electron chi connectivity index (χ3n) is 2.49. The normalized spacial score (nSPS) is 9.76. The minimum absolute atomic E-state index is 0.0981. The lowest BCUT2D eigenvalue weighted by Crippen LogP contribution is -2.43. The molecule has 0 saturated heterocycles. The molecule has 2 aromatic rings. The number of rotatable bonds is 5. The third-order valence-corrected chi connectivity index (χ3v) is 2.49. The van der Waals surface area contributed by atoms with Crippen LogP contribution in [-0.4, -0.2) is 25.5 Å². The highest BCUT2D eigenvalue weighted by Crippen LogP contribution is 2.25. The summed E-state index contributed by atoms with van der Waals surface area (Å²) in [4.78, 5) is 23.1. The molecule has 0 atom stereocenters. The fourth-order valence-electron chi connectivity index (χ4n) is 1.51. The molecule has 0 bridgehead atoms. The van der Waals surface area contributed by atoms with Crippen LogP contribution in [0.3, 0.4) is 0 Å². The van der Waals surface area contributed by atoms with Crippen molar-refractivity contribution in [1.82, 2.24) is 10.9 Å². The summed E-state index contributed by atoms with van der Waals surface area (Å²) in [5.41, 5.74) is 4.42. The molecule has 2 rings (SSSR count). The zero-order chi connectivity index (χ0) is 15.1. The number of ether oxygens (including phenoxy) is 2. The van der Waals surface area contributed by atoms with Gasteiger partial charge in [-0.3, -0.25) is 20.4 Å². The van der Waals surface area contributed by atoms with E-state index in [0.29, 0.717) is 11.5 Å². The molecular weight excluding hydrogens is 276 g/mol. The van der Waals surface area contributed by atoms with Crippen molar-refractivity contribution in [1.29, 1.82) is 0 Å². The van der Waals surface area contributed by atoms with Gasteiger partial charge in [-0.25, -0.2) is 0 Å². The van der Waals surface area contributed by atoms with Crippen LogP contribution in [0.4, 0.5) is 0 Å². The first-order valence-corrected chi connectivity index (χ1v) is 6.09. The number of carbonyl (C=O) groups excluding carboxylic acids is 2. The van der Waals surface area contributed by atoms with Crippen molar-refractivity contribution in [3.8, 4) is 11.5 Å². The lowest BCUT2D eigenvalue weighted by atomic mass is 10.3. The number of nitrogens with one attached hydrogen (secondary N) is 2. The number of hydrogen-bond acceptors (Lipinski definition) is 5. The van der Waals surface area contributed by atoms with Gasteiger partial charge in [0.2, 0.25) is 0 Å². The topological polar surface area (TPSA) is 89.8 Å². The van der Waals surface area contributed by atoms with Gasteiger partial charge < -0.3 is 13.9 Å². The highest BCUT2D eigenvalue weighted by Gasteiger charge is 2.10. The second-order valence-electron chi connectivity index (χ2n) is 3.92. The Bertz CT molecular complexity index is 610. The maximum atomic E-state index is 11.6. The van der Waals surface area contributed by atoms with Crippen LogP contribution in [0.25, 0.3) is 0 Å². The van der Waals surface area contributed by atoms with Crippen LogP contribution >= 0.6 is 0 Å². The number of benzene rings is 1. The van der Waals surface area contributed by atoms with Crippen molar-refractivity contribution in [3.05, 3.63) is 48.4 Å². The Balaban J connectivity index is 1.78. The molecule has 7 heteroatoms. The molecular formula is C14H14N2O5. The molecule has 0 fully saturated rings. The number of hydrazine groups is 1. The molecule has 0 aliphatic carbocycles. The molecule has 21 heavy (non-hydrogen) atoms. The van der Waals surface area contributed by atoms with Gasteiger partial charge in [0.05, 0.1) is 13.4 Å². The number of amides is 2. The summed E-state index contributed by atoms with van der Waals surface area (Å²) in [6.45, 7) is -0.265. The van der Waals surface area contributed by atoms with E-state index in [1.165, 1.54) is 19.4 Å². The van der Waals surface area contributed by atoms with Crippen LogP contribution in [0.15, 0.2) is 47.1 Å². The molecule has 1 heterocycles. The van der Waals surface area contributed by atoms with Gasteiger partial charge in [-0.15, -0.1) is 0 Å². The van der Waals surface area contributed by atoms with Crippen LogP contribution in [0.2, 0.25) is 0 Å². The molecule has 0 spiro atoms. The number of para-hydroxylation sites is 2. The van der Waals surface area contributed by atoms with Gasteiger partial charge in [-0.1, -0.05) is 12.1 Å². The number of carbonyl (C=O) groups is 2. The van der Waals surface area contributed by atoms with E-state index in [-0.39, 0.29) is 12.4 Å². The van der Waals surface area contributed by atoms with E-state index in [9.17, 15) is 9.59 Å². The van der Waals surface area contributed by atoms with Gasteiger partial charge in [0.15, 0.2) is 23.9 Å². The van der Waals surface area contributed by atoms with Crippen molar-refractivity contribution < 1.29 is 23.5 Å². The molecule has 2 amide bonds. The summed E-state index contributed by atoms with van der Waals surface area (Å²) < 4.78 is 15.3. The summed E-state index contributed by atoms with van der Waals surface area (Å²) >= 11 is 0. The molecule has 0 unspecified atom stereocenters. The fraction of sp³-hybridized carbons (Fsp3) is 0.143. The molecule has 7 nitrogen and oxygen atoms in total. The summed E-state index contributed by atoms with van der Waals surface area (Å²) in [6.07, 6.45) is 1.36. The van der Waals surface area contributed by atoms with E-state index in [2.05, 4.69) is 10.9 Å². The molecule has 0 aliphatic rings. The van der Waals surface area contributed by atoms with Gasteiger partial charge in [0.25, 0.3) is 5.91 Å². The van der Waals surface area contributed by atoms with Gasteiger partial charge in [-0.05, 0) is 24.3 Å². The quantitative estimate of drug-likeness (QED) is 0.806. The first-order chi connectivity index (χ1) is 10.2. The van der Waals surface area contributed by atoms with Gasteiger partial charge in [0.1, 0.15) is 0 Å². The summed E-state index contributed by atoms with van der Waals surface area (Å²) in [5.74, 6) is -0.00941. The average molecular weight is 290 g/mol. The molecule has 2 N–H and O–H groups in total. The standard InChI is InChI=1S/C14H14N2O5/c1-19-10-5-2-3-6-11(10)21-9-13(17)15-16-14(18)12-7-4-8-20-12/h2-8H,9H2,1H3,(H,15,17)(H,16,18). The summed E-state index contributed by atoms with van der Waals surface area (Å²) in [5, 5.41) is 0. The Labute approximate surface area is 120 Å². The van der Waals surface area contributed by atoms with Crippen LogP contribution in [-0.2, 0) is 4.79 Å². The van der Waals surface area contributed by atoms with E-state index >= 15 is 0 Å². The Hall–Kier alpha value is -2.96. The SMILES string of the molecule is COc1ccccc1OCC(=O)NNC(=O)c1ccco1. The van der Waals surface area contributed by atoms with E-state index < -0.39 is 11.8 Å². The van der Waals surface area contributed by atoms with Crippen molar-refractivity contribution in [2.75, 3.05) is 13.7 Å². The Morgan fingerprint density at radius 2 is 1.86 bits per heavy atom. The van der Waals surface area contributed by atoms with E-state index in [4.69, 9.17) is 13.9 Å². The predicted molar refractivity (Wildman–Crippen MR) is 72.8 cm³/mol. The maximum absolute atomic E-state index is 11.6. The van der Waals surface area contributed by atoms with Gasteiger partial charge in [0, 0.05) is 0 Å². The van der Waals surface area contributed by atoms with Crippen molar-refractivity contribution in [2.45, 2.75) is 0 Å². The lowest BCUT2D eigenvalue weighted by Gasteiger charge is -2.10. The van der Waals surface area contributed by atoms with Crippen LogP contribution in [0.5, 0.6) is 11.5 Å². The fourth-order valence-corrected chi connectivity index (χ4v) is 1.51. The van der Waals surface area contributed by atoms with E-state index in [1.807, 2.05) is 0 Å². The Morgan fingerprint density at radius 1 is 1.10 bits per heavy atom. The first-order valence-electron chi connectivity index (χ1n) is 6.09. The number of methoxy groups -OCH3 is 1. The largest absolute Gasteiger partial charge is 0.493 e. The highest BCUT2D eigenvalue weighted by molar-refractivity contribution is 5.92. The maximum Gasteiger partial charge on any atom is 0.305 e. The Kier molecular flexibility index (Phi) is 4.81. The second-order valence-corrected chi connectivity index (χ2v) is 3.92. The first kappa shape index (κ1) is 14.4. The molecule has 0 radical (unpaired) electrons. The Morgan fingerprint density at radius 3 is 2.52 bits per heavy atom. The minimum Gasteiger partial charge on any atom is -0.493 e.